The monoisotopic (exact) mass is 375 g/mol. The molecule has 4 rings (SSSR count). The van der Waals surface area contributed by atoms with Crippen molar-refractivity contribution in [2.75, 3.05) is 5.32 Å². The molecule has 2 aromatic carbocycles. The van der Waals surface area contributed by atoms with E-state index < -0.39 is 0 Å². The minimum absolute atomic E-state index is 0.171. The maximum absolute atomic E-state index is 12.2. The number of aromatic nitrogens is 5. The average molecular weight is 375 g/mol. The van der Waals surface area contributed by atoms with Gasteiger partial charge in [-0.3, -0.25) is 0 Å². The van der Waals surface area contributed by atoms with Gasteiger partial charge in [0, 0.05) is 11.3 Å². The van der Waals surface area contributed by atoms with E-state index in [0.29, 0.717) is 17.3 Å². The molecule has 4 aromatic rings. The molecule has 9 nitrogen and oxygen atoms in total. The van der Waals surface area contributed by atoms with Gasteiger partial charge in [0.2, 0.25) is 5.89 Å². The van der Waals surface area contributed by atoms with Crippen LogP contribution in [-0.4, -0.2) is 31.2 Å². The highest BCUT2D eigenvalue weighted by atomic mass is 16.4. The van der Waals surface area contributed by atoms with Crippen LogP contribution in [-0.2, 0) is 6.54 Å². The number of carbonyl (C=O) groups excluding carboxylic acids is 1. The Bertz CT molecular complexity index is 1070. The zero-order chi connectivity index (χ0) is 19.3. The molecule has 0 radical (unpaired) electrons. The molecule has 0 spiro atoms. The third-order valence-corrected chi connectivity index (χ3v) is 4.07. The Labute approximate surface area is 160 Å². The molecule has 0 atom stereocenters. The Morgan fingerprint density at radius 2 is 2.04 bits per heavy atom. The number of anilines is 1. The van der Waals surface area contributed by atoms with Gasteiger partial charge in [0.25, 0.3) is 0 Å². The Hall–Kier alpha value is -4.01. The molecule has 0 bridgehead atoms. The summed E-state index contributed by atoms with van der Waals surface area (Å²) in [6, 6.07) is 14.8. The van der Waals surface area contributed by atoms with Crippen LogP contribution in [0.1, 0.15) is 11.5 Å². The Morgan fingerprint density at radius 3 is 2.82 bits per heavy atom. The fourth-order valence-corrected chi connectivity index (χ4v) is 2.66. The van der Waals surface area contributed by atoms with E-state index in [1.165, 1.54) is 11.0 Å². The van der Waals surface area contributed by atoms with Crippen LogP contribution in [0.3, 0.4) is 0 Å². The van der Waals surface area contributed by atoms with Crippen molar-refractivity contribution >= 4 is 11.7 Å². The maximum atomic E-state index is 12.2. The van der Waals surface area contributed by atoms with E-state index in [9.17, 15) is 4.79 Å². The second kappa shape index (κ2) is 7.70. The van der Waals surface area contributed by atoms with Gasteiger partial charge in [-0.05, 0) is 35.0 Å². The number of rotatable bonds is 5. The number of hydrogen-bond donors (Lipinski definition) is 2. The third kappa shape index (κ3) is 3.88. The highest BCUT2D eigenvalue weighted by molar-refractivity contribution is 5.89. The Morgan fingerprint density at radius 1 is 1.18 bits per heavy atom. The second-order valence-corrected chi connectivity index (χ2v) is 6.05. The van der Waals surface area contributed by atoms with E-state index in [2.05, 4.69) is 31.1 Å². The number of nitrogens with zero attached hydrogens (tertiary/aromatic N) is 5. The summed E-state index contributed by atoms with van der Waals surface area (Å²) in [4.78, 5) is 16.4. The van der Waals surface area contributed by atoms with E-state index in [1.54, 1.807) is 18.3 Å². The van der Waals surface area contributed by atoms with Crippen molar-refractivity contribution in [2.45, 2.75) is 13.5 Å². The van der Waals surface area contributed by atoms with Gasteiger partial charge in [0.05, 0.1) is 18.4 Å². The van der Waals surface area contributed by atoms with Crippen molar-refractivity contribution in [1.82, 2.24) is 30.5 Å². The molecular weight excluding hydrogens is 358 g/mol. The van der Waals surface area contributed by atoms with Gasteiger partial charge in [-0.15, -0.1) is 5.10 Å². The molecule has 2 amide bonds. The zero-order valence-corrected chi connectivity index (χ0v) is 15.0. The minimum atomic E-state index is -0.369. The van der Waals surface area contributed by atoms with Crippen LogP contribution in [0.25, 0.3) is 17.0 Å². The van der Waals surface area contributed by atoms with Gasteiger partial charge in [0.1, 0.15) is 6.33 Å². The lowest BCUT2D eigenvalue weighted by Crippen LogP contribution is -2.28. The smallest absolute Gasteiger partial charge is 0.319 e. The SMILES string of the molecule is Cc1ccc(NC(=O)NCc2ncc(-c3ccccc3)o2)cc1-n1cnnn1. The van der Waals surface area contributed by atoms with Crippen molar-refractivity contribution in [1.29, 1.82) is 0 Å². The number of urea groups is 1. The van der Waals surface area contributed by atoms with Crippen LogP contribution in [0.2, 0.25) is 0 Å². The van der Waals surface area contributed by atoms with Gasteiger partial charge in [-0.1, -0.05) is 36.4 Å². The number of amides is 2. The topological polar surface area (TPSA) is 111 Å². The van der Waals surface area contributed by atoms with Crippen molar-refractivity contribution in [2.24, 2.45) is 0 Å². The normalized spacial score (nSPS) is 10.6. The van der Waals surface area contributed by atoms with Crippen LogP contribution >= 0.6 is 0 Å². The van der Waals surface area contributed by atoms with E-state index in [-0.39, 0.29) is 12.6 Å². The number of aryl methyl sites for hydroxylation is 1. The first-order valence-corrected chi connectivity index (χ1v) is 8.58. The number of tetrazole rings is 1. The van der Waals surface area contributed by atoms with Crippen LogP contribution in [0, 0.1) is 6.92 Å². The van der Waals surface area contributed by atoms with Crippen molar-refractivity contribution in [3.63, 3.8) is 0 Å². The molecule has 0 aliphatic carbocycles. The van der Waals surface area contributed by atoms with Crippen LogP contribution in [0.15, 0.2) is 65.5 Å². The quantitative estimate of drug-likeness (QED) is 0.555. The number of carbonyl (C=O) groups is 1. The van der Waals surface area contributed by atoms with Gasteiger partial charge < -0.3 is 15.1 Å². The largest absolute Gasteiger partial charge is 0.439 e. The summed E-state index contributed by atoms with van der Waals surface area (Å²) in [5.41, 5.74) is 3.31. The van der Waals surface area contributed by atoms with Gasteiger partial charge >= 0.3 is 6.03 Å². The lowest BCUT2D eigenvalue weighted by atomic mass is 10.2. The number of oxazole rings is 1. The molecule has 0 aliphatic heterocycles. The predicted octanol–water partition coefficient (Wildman–Crippen LogP) is 2.95. The molecule has 0 saturated heterocycles. The molecule has 2 heterocycles. The van der Waals surface area contributed by atoms with Gasteiger partial charge in [0.15, 0.2) is 5.76 Å². The van der Waals surface area contributed by atoms with E-state index in [4.69, 9.17) is 4.42 Å². The van der Waals surface area contributed by atoms with Gasteiger partial charge in [-0.25, -0.2) is 14.5 Å². The molecular formula is C19H17N7O2. The summed E-state index contributed by atoms with van der Waals surface area (Å²) in [5, 5.41) is 16.6. The molecule has 28 heavy (non-hydrogen) atoms. The van der Waals surface area contributed by atoms with E-state index >= 15 is 0 Å². The first-order chi connectivity index (χ1) is 13.7. The first kappa shape index (κ1) is 17.4. The molecule has 2 N–H and O–H groups in total. The van der Waals surface area contributed by atoms with Crippen molar-refractivity contribution in [3.8, 4) is 17.0 Å². The Balaban J connectivity index is 1.38. The summed E-state index contributed by atoms with van der Waals surface area (Å²) >= 11 is 0. The zero-order valence-electron chi connectivity index (χ0n) is 15.0. The van der Waals surface area contributed by atoms with Crippen molar-refractivity contribution in [3.05, 3.63) is 72.5 Å². The fraction of sp³-hybridized carbons (Fsp3) is 0.105. The standard InChI is InChI=1S/C19H17N7O2/c1-13-7-8-15(9-16(13)26-12-22-24-25-26)23-19(27)21-11-18-20-10-17(28-18)14-5-3-2-4-6-14/h2-10,12H,11H2,1H3,(H2,21,23,27). The third-order valence-electron chi connectivity index (χ3n) is 4.07. The first-order valence-electron chi connectivity index (χ1n) is 8.58. The number of hydrogen-bond acceptors (Lipinski definition) is 6. The van der Waals surface area contributed by atoms with E-state index in [0.717, 1.165) is 16.8 Å². The van der Waals surface area contributed by atoms with Crippen LogP contribution in [0.5, 0.6) is 0 Å². The summed E-state index contributed by atoms with van der Waals surface area (Å²) in [7, 11) is 0. The summed E-state index contributed by atoms with van der Waals surface area (Å²) in [6.07, 6.45) is 3.14. The predicted molar refractivity (Wildman–Crippen MR) is 102 cm³/mol. The lowest BCUT2D eigenvalue weighted by molar-refractivity contribution is 0.250. The Kier molecular flexibility index (Phi) is 4.79. The van der Waals surface area contributed by atoms with E-state index in [1.807, 2.05) is 43.3 Å². The molecule has 0 saturated carbocycles. The van der Waals surface area contributed by atoms with Crippen LogP contribution in [0.4, 0.5) is 10.5 Å². The summed E-state index contributed by atoms with van der Waals surface area (Å²) in [6.45, 7) is 2.11. The molecule has 0 aliphatic rings. The highest BCUT2D eigenvalue weighted by Gasteiger charge is 2.09. The fourth-order valence-electron chi connectivity index (χ4n) is 2.66. The van der Waals surface area contributed by atoms with Gasteiger partial charge in [-0.2, -0.15) is 0 Å². The molecule has 9 heteroatoms. The summed E-state index contributed by atoms with van der Waals surface area (Å²) in [5.74, 6) is 1.08. The molecule has 140 valence electrons. The molecule has 2 aromatic heterocycles. The average Bonchev–Trinajstić information content (AvgIpc) is 3.41. The molecule has 0 unspecified atom stereocenters. The molecule has 0 fully saturated rings. The number of nitrogens with one attached hydrogen (secondary N) is 2. The highest BCUT2D eigenvalue weighted by Crippen LogP contribution is 2.20. The van der Waals surface area contributed by atoms with Crippen LogP contribution < -0.4 is 10.6 Å². The second-order valence-electron chi connectivity index (χ2n) is 6.05. The maximum Gasteiger partial charge on any atom is 0.319 e. The lowest BCUT2D eigenvalue weighted by Gasteiger charge is -2.10. The van der Waals surface area contributed by atoms with Crippen molar-refractivity contribution < 1.29 is 9.21 Å². The number of benzene rings is 2. The summed E-state index contributed by atoms with van der Waals surface area (Å²) < 4.78 is 7.21. The minimum Gasteiger partial charge on any atom is -0.439 e.